The number of carbonyl (C=O) groups is 3. The smallest absolute Gasteiger partial charge is 0.330 e. The Hall–Kier alpha value is -4.03. The highest BCUT2D eigenvalue weighted by molar-refractivity contribution is 5.83. The molecule has 0 bridgehead atoms. The molecular weight excluding hydrogens is 620 g/mol. The summed E-state index contributed by atoms with van der Waals surface area (Å²) in [6, 6.07) is 17.3. The van der Waals surface area contributed by atoms with Gasteiger partial charge in [0.15, 0.2) is 6.10 Å². The molecule has 1 N–H and O–H groups in total. The number of ether oxygens (including phenoxy) is 7. The second-order valence-corrected chi connectivity index (χ2v) is 12.1. The number of methoxy groups -OCH3 is 3. The average Bonchev–Trinajstić information content (AvgIpc) is 3.09. The molecule has 0 aliphatic carbocycles. The van der Waals surface area contributed by atoms with E-state index in [1.807, 2.05) is 61.5 Å². The van der Waals surface area contributed by atoms with Gasteiger partial charge in [-0.25, -0.2) is 9.59 Å². The molecule has 2 aromatic rings. The maximum absolute atomic E-state index is 12.7. The van der Waals surface area contributed by atoms with E-state index in [1.54, 1.807) is 27.9 Å². The van der Waals surface area contributed by atoms with Crippen LogP contribution < -0.4 is 4.74 Å². The van der Waals surface area contributed by atoms with Gasteiger partial charge in [-0.1, -0.05) is 69.3 Å². The van der Waals surface area contributed by atoms with Crippen molar-refractivity contribution in [2.45, 2.75) is 90.4 Å². The number of esters is 2. The molecule has 0 unspecified atom stereocenters. The maximum Gasteiger partial charge on any atom is 0.330 e. The van der Waals surface area contributed by atoms with Crippen LogP contribution in [-0.4, -0.2) is 74.5 Å². The van der Waals surface area contributed by atoms with Crippen LogP contribution in [0, 0.1) is 5.41 Å². The lowest BCUT2D eigenvalue weighted by Crippen LogP contribution is -2.63. The maximum atomic E-state index is 12.7. The molecule has 3 rings (SSSR count). The number of benzene rings is 2. The number of hydrogen-bond donors (Lipinski definition) is 1. The third-order valence-corrected chi connectivity index (χ3v) is 8.37. The van der Waals surface area contributed by atoms with E-state index < -0.39 is 53.5 Å². The van der Waals surface area contributed by atoms with Crippen LogP contribution in [0.15, 0.2) is 78.4 Å². The highest BCUT2D eigenvalue weighted by atomic mass is 16.7. The molecule has 1 aliphatic rings. The van der Waals surface area contributed by atoms with Gasteiger partial charge >= 0.3 is 17.9 Å². The highest BCUT2D eigenvalue weighted by Gasteiger charge is 2.59. The largest absolute Gasteiger partial charge is 0.497 e. The summed E-state index contributed by atoms with van der Waals surface area (Å²) in [4.78, 5) is 37.0. The van der Waals surface area contributed by atoms with Gasteiger partial charge in [0.1, 0.15) is 5.75 Å². The van der Waals surface area contributed by atoms with Crippen LogP contribution in [0.1, 0.15) is 58.1 Å². The van der Waals surface area contributed by atoms with Crippen molar-refractivity contribution in [3.05, 3.63) is 89.5 Å². The topological polar surface area (TPSA) is 136 Å². The Morgan fingerprint density at radius 3 is 2.23 bits per heavy atom. The van der Waals surface area contributed by atoms with E-state index in [1.165, 1.54) is 26.4 Å². The Balaban J connectivity index is 2.03. The number of aliphatic carboxylic acids is 1. The summed E-state index contributed by atoms with van der Waals surface area (Å²) in [5, 5.41) is 9.47. The van der Waals surface area contributed by atoms with Crippen molar-refractivity contribution in [3.8, 4) is 5.75 Å². The first-order valence-corrected chi connectivity index (χ1v) is 15.9. The number of carbonyl (C=O) groups excluding carboxylic acids is 2. The fourth-order valence-corrected chi connectivity index (χ4v) is 5.60. The van der Waals surface area contributed by atoms with Gasteiger partial charge < -0.3 is 38.3 Å². The molecule has 1 fully saturated rings. The van der Waals surface area contributed by atoms with Gasteiger partial charge in [-0.3, -0.25) is 4.79 Å². The van der Waals surface area contributed by atoms with Crippen molar-refractivity contribution in [2.75, 3.05) is 21.3 Å². The van der Waals surface area contributed by atoms with E-state index in [9.17, 15) is 19.5 Å². The molecule has 1 saturated heterocycles. The minimum absolute atomic E-state index is 0.0498. The highest BCUT2D eigenvalue weighted by Crippen LogP contribution is 2.48. The Bertz CT molecular complexity index is 1400. The molecule has 2 aromatic carbocycles. The molecule has 0 amide bonds. The standard InChI is InChI=1S/C37H48O11/c1-8-33(40)47-35-28(21-34(41)43-6)20-30(48-37(35,44-7)36(3,4)19-18-32(38)39)22-31(25(2)45-23-26-12-10-9-11-13-26)46-24-27-14-16-29(42-5)17-15-27/h9-19,21,25,30-31,35H,8,20,22-24H2,1-7H3,(H,38,39)/b19-18+,28-21+/t25-,30-,31-,35-,37+/m0/s1. The monoisotopic (exact) mass is 668 g/mol. The summed E-state index contributed by atoms with van der Waals surface area (Å²) in [5.41, 5.74) is 1.12. The van der Waals surface area contributed by atoms with Crippen molar-refractivity contribution < 1.29 is 52.6 Å². The van der Waals surface area contributed by atoms with Gasteiger partial charge in [0, 0.05) is 37.5 Å². The van der Waals surface area contributed by atoms with Crippen molar-refractivity contribution in [3.63, 3.8) is 0 Å². The lowest BCUT2D eigenvalue weighted by atomic mass is 9.74. The summed E-state index contributed by atoms with van der Waals surface area (Å²) in [7, 11) is 4.25. The Morgan fingerprint density at radius 2 is 1.65 bits per heavy atom. The van der Waals surface area contributed by atoms with Gasteiger partial charge in [0.2, 0.25) is 5.79 Å². The third kappa shape index (κ3) is 10.2. The van der Waals surface area contributed by atoms with Crippen molar-refractivity contribution in [2.24, 2.45) is 5.41 Å². The normalized spacial score (nSPS) is 21.9. The van der Waals surface area contributed by atoms with E-state index in [0.717, 1.165) is 23.0 Å². The van der Waals surface area contributed by atoms with Crippen molar-refractivity contribution in [1.29, 1.82) is 0 Å². The lowest BCUT2D eigenvalue weighted by Gasteiger charge is -2.53. The second-order valence-electron chi connectivity index (χ2n) is 12.1. The quantitative estimate of drug-likeness (QED) is 0.162. The van der Waals surface area contributed by atoms with Crippen LogP contribution in [-0.2, 0) is 56.0 Å². The van der Waals surface area contributed by atoms with Crippen LogP contribution in [0.5, 0.6) is 5.75 Å². The molecule has 0 spiro atoms. The van der Waals surface area contributed by atoms with Gasteiger partial charge in [-0.15, -0.1) is 0 Å². The van der Waals surface area contributed by atoms with Gasteiger partial charge in [0.25, 0.3) is 0 Å². The zero-order valence-electron chi connectivity index (χ0n) is 28.8. The summed E-state index contributed by atoms with van der Waals surface area (Å²) in [6.07, 6.45) is 1.39. The predicted molar refractivity (Wildman–Crippen MR) is 177 cm³/mol. The van der Waals surface area contributed by atoms with Crippen LogP contribution in [0.2, 0.25) is 0 Å². The molecular formula is C37H48O11. The third-order valence-electron chi connectivity index (χ3n) is 8.37. The summed E-state index contributed by atoms with van der Waals surface area (Å²) in [5.74, 6) is -3.41. The summed E-state index contributed by atoms with van der Waals surface area (Å²) >= 11 is 0. The second kappa shape index (κ2) is 17.9. The zero-order chi connectivity index (χ0) is 35.3. The SMILES string of the molecule is CCC(=O)O[C@H]1/C(=C/C(=O)OC)C[C@@H](C[C@H](OCc2ccc(OC)cc2)[C@H](C)OCc2ccccc2)O[C@@]1(OC)C(C)(C)/C=C/C(=O)O. The lowest BCUT2D eigenvalue weighted by molar-refractivity contribution is -0.339. The molecule has 262 valence electrons. The molecule has 1 aliphatic heterocycles. The van der Waals surface area contributed by atoms with Gasteiger partial charge in [0.05, 0.1) is 45.7 Å². The van der Waals surface area contributed by atoms with E-state index in [4.69, 9.17) is 33.2 Å². The fraction of sp³-hybridized carbons (Fsp3) is 0.486. The number of carboxylic acids is 1. The summed E-state index contributed by atoms with van der Waals surface area (Å²) in [6.45, 7) is 7.61. The molecule has 1 heterocycles. The van der Waals surface area contributed by atoms with E-state index >= 15 is 0 Å². The fourth-order valence-electron chi connectivity index (χ4n) is 5.60. The van der Waals surface area contributed by atoms with E-state index in [2.05, 4.69) is 0 Å². The molecule has 0 radical (unpaired) electrons. The molecule has 0 aromatic heterocycles. The van der Waals surface area contributed by atoms with E-state index in [-0.39, 0.29) is 25.9 Å². The molecule has 11 nitrogen and oxygen atoms in total. The predicted octanol–water partition coefficient (Wildman–Crippen LogP) is 5.80. The number of rotatable bonds is 17. The minimum Gasteiger partial charge on any atom is -0.497 e. The Kier molecular flexibility index (Phi) is 14.4. The number of carboxylic acid groups (broad SMARTS) is 1. The van der Waals surface area contributed by atoms with E-state index in [0.29, 0.717) is 12.2 Å². The molecule has 11 heteroatoms. The first-order valence-electron chi connectivity index (χ1n) is 15.9. The zero-order valence-corrected chi connectivity index (χ0v) is 28.8. The van der Waals surface area contributed by atoms with Crippen LogP contribution in [0.4, 0.5) is 0 Å². The molecule has 48 heavy (non-hydrogen) atoms. The van der Waals surface area contributed by atoms with Crippen molar-refractivity contribution in [1.82, 2.24) is 0 Å². The number of hydrogen-bond acceptors (Lipinski definition) is 10. The van der Waals surface area contributed by atoms with Gasteiger partial charge in [-0.05, 0) is 42.2 Å². The summed E-state index contributed by atoms with van der Waals surface area (Å²) < 4.78 is 41.8. The van der Waals surface area contributed by atoms with Crippen LogP contribution in [0.25, 0.3) is 0 Å². The molecule has 0 saturated carbocycles. The molecule has 5 atom stereocenters. The first-order chi connectivity index (χ1) is 22.9. The Labute approximate surface area is 282 Å². The van der Waals surface area contributed by atoms with Crippen LogP contribution in [0.3, 0.4) is 0 Å². The minimum atomic E-state index is -1.75. The van der Waals surface area contributed by atoms with Gasteiger partial charge in [-0.2, -0.15) is 0 Å². The Morgan fingerprint density at radius 1 is 1.00 bits per heavy atom. The first kappa shape index (κ1) is 38.4. The van der Waals surface area contributed by atoms with Crippen molar-refractivity contribution >= 4 is 17.9 Å². The van der Waals surface area contributed by atoms with Crippen LogP contribution >= 0.6 is 0 Å². The average molecular weight is 669 g/mol.